The van der Waals surface area contributed by atoms with E-state index in [-0.39, 0.29) is 11.2 Å². The van der Waals surface area contributed by atoms with Gasteiger partial charge < -0.3 is 10.3 Å². The summed E-state index contributed by atoms with van der Waals surface area (Å²) in [4.78, 5) is 19.0. The molecule has 2 rings (SSSR count). The number of aromatic amines is 1. The summed E-state index contributed by atoms with van der Waals surface area (Å²) in [5.74, 6) is 2.18. The first kappa shape index (κ1) is 15.2. The van der Waals surface area contributed by atoms with Gasteiger partial charge in [-0.15, -0.1) is 0 Å². The van der Waals surface area contributed by atoms with Crippen molar-refractivity contribution >= 4 is 17.5 Å². The molecule has 1 heterocycles. The zero-order valence-electron chi connectivity index (χ0n) is 12.5. The Labute approximate surface area is 124 Å². The number of hydrogen-bond donors (Lipinski definition) is 2. The lowest BCUT2D eigenvalue weighted by molar-refractivity contribution is -0.117. The first-order valence-electron chi connectivity index (χ1n) is 7.00. The largest absolute Gasteiger partial charge is 0.387 e. The van der Waals surface area contributed by atoms with Crippen molar-refractivity contribution < 1.29 is 4.79 Å². The maximum absolute atomic E-state index is 11.6. The van der Waals surface area contributed by atoms with Crippen LogP contribution in [-0.2, 0) is 10.5 Å². The van der Waals surface area contributed by atoms with Crippen molar-refractivity contribution in [2.24, 2.45) is 5.41 Å². The molecule has 1 aliphatic carbocycles. The summed E-state index contributed by atoms with van der Waals surface area (Å²) in [5.41, 5.74) is 3.45. The number of H-pyrrole nitrogens is 1. The number of imidazole rings is 1. The van der Waals surface area contributed by atoms with Crippen LogP contribution in [0.4, 0.5) is 0 Å². The maximum Gasteiger partial charge on any atom is 0.157 e. The monoisotopic (exact) mass is 293 g/mol. The molecule has 0 spiro atoms. The van der Waals surface area contributed by atoms with E-state index in [0.717, 1.165) is 41.6 Å². The smallest absolute Gasteiger partial charge is 0.157 e. The first-order chi connectivity index (χ1) is 9.46. The van der Waals surface area contributed by atoms with E-state index in [1.807, 2.05) is 18.7 Å². The standard InChI is InChI=1S/C15H23N3OS/c1-11-14(18-10-17-11)9-20-5-4-16-12-6-13(19)8-15(2,3)7-12/h6,10,16H,4-5,7-9H2,1-3H3,(H,17,18). The SMILES string of the molecule is Cc1[nH]cnc1CSCCNC1=CC(=O)CC(C)(C)C1. The van der Waals surface area contributed by atoms with E-state index in [2.05, 4.69) is 29.1 Å². The number of allylic oxidation sites excluding steroid dienone is 2. The Morgan fingerprint density at radius 1 is 1.45 bits per heavy atom. The third-order valence-corrected chi connectivity index (χ3v) is 4.40. The molecular weight excluding hydrogens is 270 g/mol. The number of aryl methyl sites for hydroxylation is 1. The average Bonchev–Trinajstić information content (AvgIpc) is 2.72. The number of nitrogens with zero attached hydrogens (tertiary/aromatic N) is 1. The molecule has 0 bridgehead atoms. The number of aromatic nitrogens is 2. The molecule has 0 aromatic carbocycles. The average molecular weight is 293 g/mol. The van der Waals surface area contributed by atoms with E-state index < -0.39 is 0 Å². The van der Waals surface area contributed by atoms with Gasteiger partial charge in [-0.3, -0.25) is 4.79 Å². The zero-order chi connectivity index (χ0) is 14.6. The van der Waals surface area contributed by atoms with Crippen LogP contribution in [0.3, 0.4) is 0 Å². The Hall–Kier alpha value is -1.23. The molecule has 4 nitrogen and oxygen atoms in total. The Morgan fingerprint density at radius 2 is 2.25 bits per heavy atom. The van der Waals surface area contributed by atoms with E-state index in [9.17, 15) is 4.79 Å². The maximum atomic E-state index is 11.6. The van der Waals surface area contributed by atoms with Crippen LogP contribution in [0, 0.1) is 12.3 Å². The van der Waals surface area contributed by atoms with Crippen molar-refractivity contribution in [3.05, 3.63) is 29.5 Å². The van der Waals surface area contributed by atoms with Crippen molar-refractivity contribution in [3.8, 4) is 0 Å². The predicted octanol–water partition coefficient (Wildman–Crippen LogP) is 2.81. The van der Waals surface area contributed by atoms with Gasteiger partial charge in [0.1, 0.15) is 0 Å². The minimum absolute atomic E-state index is 0.0907. The summed E-state index contributed by atoms with van der Waals surface area (Å²) < 4.78 is 0. The number of carbonyl (C=O) groups is 1. The third-order valence-electron chi connectivity index (χ3n) is 3.43. The number of rotatable bonds is 6. The van der Waals surface area contributed by atoms with Gasteiger partial charge in [0.05, 0.1) is 12.0 Å². The highest BCUT2D eigenvalue weighted by Gasteiger charge is 2.27. The molecule has 0 saturated heterocycles. The zero-order valence-corrected chi connectivity index (χ0v) is 13.3. The summed E-state index contributed by atoms with van der Waals surface area (Å²) in [6, 6.07) is 0. The molecule has 110 valence electrons. The normalized spacial score (nSPS) is 17.9. The quantitative estimate of drug-likeness (QED) is 0.792. The van der Waals surface area contributed by atoms with Gasteiger partial charge in [-0.2, -0.15) is 11.8 Å². The van der Waals surface area contributed by atoms with Gasteiger partial charge in [0.2, 0.25) is 0 Å². The molecule has 20 heavy (non-hydrogen) atoms. The summed E-state index contributed by atoms with van der Waals surface area (Å²) in [6.07, 6.45) is 5.13. The molecular formula is C15H23N3OS. The molecule has 5 heteroatoms. The summed E-state index contributed by atoms with van der Waals surface area (Å²) >= 11 is 1.86. The van der Waals surface area contributed by atoms with Crippen LogP contribution in [0.15, 0.2) is 18.1 Å². The fraction of sp³-hybridized carbons (Fsp3) is 0.600. The number of thioether (sulfide) groups is 1. The number of hydrogen-bond acceptors (Lipinski definition) is 4. The van der Waals surface area contributed by atoms with E-state index in [0.29, 0.717) is 6.42 Å². The highest BCUT2D eigenvalue weighted by molar-refractivity contribution is 7.98. The van der Waals surface area contributed by atoms with Gasteiger partial charge in [0, 0.05) is 41.9 Å². The van der Waals surface area contributed by atoms with Crippen molar-refractivity contribution in [1.82, 2.24) is 15.3 Å². The molecule has 1 aromatic rings. The molecule has 1 aliphatic rings. The van der Waals surface area contributed by atoms with Crippen molar-refractivity contribution in [3.63, 3.8) is 0 Å². The molecule has 2 N–H and O–H groups in total. The fourth-order valence-corrected chi connectivity index (χ4v) is 3.32. The number of carbonyl (C=O) groups excluding carboxylic acids is 1. The lowest BCUT2D eigenvalue weighted by atomic mass is 9.79. The van der Waals surface area contributed by atoms with Crippen LogP contribution in [0.25, 0.3) is 0 Å². The molecule has 0 unspecified atom stereocenters. The second-order valence-electron chi connectivity index (χ2n) is 6.11. The molecule has 0 atom stereocenters. The second-order valence-corrected chi connectivity index (χ2v) is 7.21. The highest BCUT2D eigenvalue weighted by Crippen LogP contribution is 2.32. The van der Waals surface area contributed by atoms with E-state index in [1.54, 1.807) is 12.4 Å². The molecule has 0 saturated carbocycles. The Kier molecular flexibility index (Phi) is 4.91. The summed E-state index contributed by atoms with van der Waals surface area (Å²) in [5, 5.41) is 3.39. The lowest BCUT2D eigenvalue weighted by Gasteiger charge is -2.29. The first-order valence-corrected chi connectivity index (χ1v) is 8.16. The number of ketones is 1. The minimum atomic E-state index is 0.0907. The van der Waals surface area contributed by atoms with Crippen molar-refractivity contribution in [2.75, 3.05) is 12.3 Å². The van der Waals surface area contributed by atoms with Crippen molar-refractivity contribution in [2.45, 2.75) is 39.4 Å². The lowest BCUT2D eigenvalue weighted by Crippen LogP contribution is -2.28. The molecule has 0 radical (unpaired) electrons. The van der Waals surface area contributed by atoms with Gasteiger partial charge in [-0.1, -0.05) is 13.8 Å². The Balaban J connectivity index is 1.69. The molecule has 0 amide bonds. The second kappa shape index (κ2) is 6.48. The topological polar surface area (TPSA) is 57.8 Å². The van der Waals surface area contributed by atoms with Gasteiger partial charge in [-0.25, -0.2) is 4.98 Å². The van der Waals surface area contributed by atoms with Crippen LogP contribution in [0.5, 0.6) is 0 Å². The molecule has 1 aromatic heterocycles. The summed E-state index contributed by atoms with van der Waals surface area (Å²) in [6.45, 7) is 7.23. The van der Waals surface area contributed by atoms with Gasteiger partial charge >= 0.3 is 0 Å². The predicted molar refractivity (Wildman–Crippen MR) is 83.6 cm³/mol. The van der Waals surface area contributed by atoms with Crippen molar-refractivity contribution in [1.29, 1.82) is 0 Å². The highest BCUT2D eigenvalue weighted by atomic mass is 32.2. The minimum Gasteiger partial charge on any atom is -0.387 e. The van der Waals surface area contributed by atoms with Gasteiger partial charge in [0.15, 0.2) is 5.78 Å². The van der Waals surface area contributed by atoms with Crippen LogP contribution >= 0.6 is 11.8 Å². The summed E-state index contributed by atoms with van der Waals surface area (Å²) in [7, 11) is 0. The van der Waals surface area contributed by atoms with Crippen LogP contribution in [0.1, 0.15) is 38.1 Å². The molecule has 0 fully saturated rings. The van der Waals surface area contributed by atoms with Crippen LogP contribution < -0.4 is 5.32 Å². The van der Waals surface area contributed by atoms with Crippen LogP contribution in [0.2, 0.25) is 0 Å². The van der Waals surface area contributed by atoms with E-state index in [4.69, 9.17) is 0 Å². The van der Waals surface area contributed by atoms with Gasteiger partial charge in [-0.05, 0) is 18.8 Å². The third kappa shape index (κ3) is 4.40. The van der Waals surface area contributed by atoms with Gasteiger partial charge in [0.25, 0.3) is 0 Å². The fourth-order valence-electron chi connectivity index (χ4n) is 2.44. The molecule has 0 aliphatic heterocycles. The number of nitrogens with one attached hydrogen (secondary N) is 2. The van der Waals surface area contributed by atoms with Crippen LogP contribution in [-0.4, -0.2) is 28.0 Å². The van der Waals surface area contributed by atoms with E-state index >= 15 is 0 Å². The van der Waals surface area contributed by atoms with E-state index in [1.165, 1.54) is 0 Å². The Morgan fingerprint density at radius 3 is 2.90 bits per heavy atom. The Bertz CT molecular complexity index is 505.